The summed E-state index contributed by atoms with van der Waals surface area (Å²) in [6.45, 7) is -0.168. The highest BCUT2D eigenvalue weighted by Gasteiger charge is 2.27. The Morgan fingerprint density at radius 3 is 2.91 bits per heavy atom. The molecule has 1 aromatic carbocycles. The molecule has 1 amide bonds. The zero-order valence-electron chi connectivity index (χ0n) is 12.1. The number of hydrogen-bond acceptors (Lipinski definition) is 3. The van der Waals surface area contributed by atoms with Crippen molar-refractivity contribution in [2.24, 2.45) is 0 Å². The Hall–Kier alpha value is -3.15. The molecule has 0 bridgehead atoms. The highest BCUT2D eigenvalue weighted by Crippen LogP contribution is 2.40. The monoisotopic (exact) mass is 307 g/mol. The highest BCUT2D eigenvalue weighted by atomic mass is 16.4. The third kappa shape index (κ3) is 2.07. The molecule has 23 heavy (non-hydrogen) atoms. The minimum atomic E-state index is -0.928. The standard InChI is InChI=1S/C17H13N3O3/c21-14-7-11-16-12(19-14)4-1-5-13(16)20(9-15(22)23)17(11)10-3-2-6-18-8-10/h1-6,8H,7,9H2,(H,19,21)(H,22,23). The van der Waals surface area contributed by atoms with Gasteiger partial charge in [0, 0.05) is 23.3 Å². The molecular formula is C17H13N3O3. The van der Waals surface area contributed by atoms with E-state index >= 15 is 0 Å². The van der Waals surface area contributed by atoms with Crippen LogP contribution < -0.4 is 5.32 Å². The number of carbonyl (C=O) groups is 2. The van der Waals surface area contributed by atoms with Gasteiger partial charge in [-0.25, -0.2) is 0 Å². The number of carboxylic acid groups (broad SMARTS) is 1. The van der Waals surface area contributed by atoms with E-state index in [0.717, 1.165) is 33.4 Å². The van der Waals surface area contributed by atoms with Crippen LogP contribution in [0.25, 0.3) is 22.2 Å². The smallest absolute Gasteiger partial charge is 0.323 e. The van der Waals surface area contributed by atoms with Crippen molar-refractivity contribution in [2.45, 2.75) is 13.0 Å². The van der Waals surface area contributed by atoms with Crippen molar-refractivity contribution in [1.82, 2.24) is 9.55 Å². The van der Waals surface area contributed by atoms with Gasteiger partial charge in [0.2, 0.25) is 5.91 Å². The van der Waals surface area contributed by atoms with Crippen molar-refractivity contribution in [1.29, 1.82) is 0 Å². The number of amides is 1. The first-order valence-electron chi connectivity index (χ1n) is 7.21. The predicted octanol–water partition coefficient (Wildman–Crippen LogP) is 2.28. The molecule has 3 aromatic rings. The summed E-state index contributed by atoms with van der Waals surface area (Å²) in [5.41, 5.74) is 3.94. The van der Waals surface area contributed by atoms with E-state index in [4.69, 9.17) is 0 Å². The number of nitrogens with zero attached hydrogens (tertiary/aromatic N) is 2. The lowest BCUT2D eigenvalue weighted by Gasteiger charge is -2.14. The summed E-state index contributed by atoms with van der Waals surface area (Å²) < 4.78 is 1.74. The van der Waals surface area contributed by atoms with E-state index < -0.39 is 5.97 Å². The molecule has 0 spiro atoms. The lowest BCUT2D eigenvalue weighted by molar-refractivity contribution is -0.137. The average Bonchev–Trinajstić information content (AvgIpc) is 2.83. The van der Waals surface area contributed by atoms with Crippen LogP contribution in [0.15, 0.2) is 42.7 Å². The van der Waals surface area contributed by atoms with Gasteiger partial charge in [-0.05, 0) is 29.8 Å². The maximum Gasteiger partial charge on any atom is 0.323 e. The molecular weight excluding hydrogens is 294 g/mol. The van der Waals surface area contributed by atoms with Gasteiger partial charge in [-0.2, -0.15) is 0 Å². The topological polar surface area (TPSA) is 84.2 Å². The molecule has 2 N–H and O–H groups in total. The van der Waals surface area contributed by atoms with Crippen LogP contribution in [0, 0.1) is 0 Å². The zero-order valence-corrected chi connectivity index (χ0v) is 12.1. The highest BCUT2D eigenvalue weighted by molar-refractivity contribution is 6.12. The zero-order chi connectivity index (χ0) is 16.0. The van der Waals surface area contributed by atoms with Crippen molar-refractivity contribution in [3.63, 3.8) is 0 Å². The molecule has 1 aliphatic rings. The minimum Gasteiger partial charge on any atom is -0.480 e. The molecule has 4 rings (SSSR count). The van der Waals surface area contributed by atoms with Gasteiger partial charge in [0.25, 0.3) is 0 Å². The normalized spacial score (nSPS) is 13.1. The van der Waals surface area contributed by atoms with Gasteiger partial charge in [-0.3, -0.25) is 14.6 Å². The Balaban J connectivity index is 2.11. The van der Waals surface area contributed by atoms with Crippen molar-refractivity contribution in [3.05, 3.63) is 48.3 Å². The van der Waals surface area contributed by atoms with Crippen LogP contribution in [0.1, 0.15) is 5.56 Å². The first kappa shape index (κ1) is 13.5. The van der Waals surface area contributed by atoms with Crippen molar-refractivity contribution in [3.8, 4) is 11.3 Å². The van der Waals surface area contributed by atoms with Gasteiger partial charge < -0.3 is 15.0 Å². The lowest BCUT2D eigenvalue weighted by atomic mass is 9.99. The summed E-state index contributed by atoms with van der Waals surface area (Å²) in [6.07, 6.45) is 3.58. The minimum absolute atomic E-state index is 0.0942. The van der Waals surface area contributed by atoms with Crippen LogP contribution >= 0.6 is 0 Å². The number of nitrogens with one attached hydrogen (secondary N) is 1. The maximum atomic E-state index is 12.0. The van der Waals surface area contributed by atoms with Crippen molar-refractivity contribution < 1.29 is 14.7 Å². The first-order valence-corrected chi connectivity index (χ1v) is 7.21. The Morgan fingerprint density at radius 2 is 2.17 bits per heavy atom. The second-order valence-electron chi connectivity index (χ2n) is 5.47. The van der Waals surface area contributed by atoms with E-state index in [1.807, 2.05) is 24.3 Å². The van der Waals surface area contributed by atoms with Gasteiger partial charge in [-0.1, -0.05) is 6.07 Å². The van der Waals surface area contributed by atoms with Gasteiger partial charge in [-0.15, -0.1) is 0 Å². The number of anilines is 1. The molecule has 0 fully saturated rings. The van der Waals surface area contributed by atoms with Gasteiger partial charge >= 0.3 is 5.97 Å². The van der Waals surface area contributed by atoms with Gasteiger partial charge in [0.15, 0.2) is 0 Å². The molecule has 0 atom stereocenters. The van der Waals surface area contributed by atoms with Crippen molar-refractivity contribution in [2.75, 3.05) is 5.32 Å². The van der Waals surface area contributed by atoms with Gasteiger partial charge in [0.05, 0.1) is 23.3 Å². The van der Waals surface area contributed by atoms with Crippen LogP contribution in [0.2, 0.25) is 0 Å². The maximum absolute atomic E-state index is 12.0. The molecule has 3 heterocycles. The number of benzene rings is 1. The third-order valence-corrected chi connectivity index (χ3v) is 4.03. The van der Waals surface area contributed by atoms with Crippen LogP contribution in [-0.4, -0.2) is 26.5 Å². The predicted molar refractivity (Wildman–Crippen MR) is 85.1 cm³/mol. The fourth-order valence-corrected chi connectivity index (χ4v) is 3.25. The number of rotatable bonds is 3. The van der Waals surface area contributed by atoms with Crippen LogP contribution in [0.4, 0.5) is 5.69 Å². The molecule has 6 nitrogen and oxygen atoms in total. The largest absolute Gasteiger partial charge is 0.480 e. The van der Waals surface area contributed by atoms with Crippen molar-refractivity contribution >= 4 is 28.5 Å². The number of pyridine rings is 1. The number of aliphatic carboxylic acids is 1. The fraction of sp³-hybridized carbons (Fsp3) is 0.118. The second kappa shape index (κ2) is 4.95. The summed E-state index contributed by atoms with van der Waals surface area (Å²) in [6, 6.07) is 9.21. The molecule has 0 saturated heterocycles. The molecule has 1 aliphatic heterocycles. The third-order valence-electron chi connectivity index (χ3n) is 4.03. The van der Waals surface area contributed by atoms with Crippen LogP contribution in [-0.2, 0) is 22.6 Å². The summed E-state index contributed by atoms with van der Waals surface area (Å²) in [5, 5.41) is 13.1. The molecule has 114 valence electrons. The van der Waals surface area contributed by atoms with E-state index in [1.165, 1.54) is 0 Å². The van der Waals surface area contributed by atoms with E-state index in [-0.39, 0.29) is 18.9 Å². The second-order valence-corrected chi connectivity index (χ2v) is 5.47. The number of hydrogen-bond donors (Lipinski definition) is 2. The summed E-state index contributed by atoms with van der Waals surface area (Å²) in [5.74, 6) is -1.02. The lowest BCUT2D eigenvalue weighted by Crippen LogP contribution is -2.18. The van der Waals surface area contributed by atoms with E-state index in [0.29, 0.717) is 0 Å². The van der Waals surface area contributed by atoms with E-state index in [9.17, 15) is 14.7 Å². The summed E-state index contributed by atoms with van der Waals surface area (Å²) >= 11 is 0. The quantitative estimate of drug-likeness (QED) is 0.777. The Kier molecular flexibility index (Phi) is 2.90. The molecule has 0 radical (unpaired) electrons. The SMILES string of the molecule is O=C(O)Cn1c(-c2cccnc2)c2c3c(cccc31)NC(=O)C2. The summed E-state index contributed by atoms with van der Waals surface area (Å²) in [4.78, 5) is 27.5. The van der Waals surface area contributed by atoms with Crippen LogP contribution in [0.3, 0.4) is 0 Å². The molecule has 0 aliphatic carbocycles. The Morgan fingerprint density at radius 1 is 1.30 bits per heavy atom. The average molecular weight is 307 g/mol. The fourth-order valence-electron chi connectivity index (χ4n) is 3.25. The van der Waals surface area contributed by atoms with E-state index in [2.05, 4.69) is 10.3 Å². The number of carbonyl (C=O) groups excluding carboxylic acids is 1. The Bertz CT molecular complexity index is 945. The van der Waals surface area contributed by atoms with Crippen LogP contribution in [0.5, 0.6) is 0 Å². The Labute approximate surface area is 131 Å². The molecule has 0 saturated carbocycles. The molecule has 2 aromatic heterocycles. The first-order chi connectivity index (χ1) is 11.1. The molecule has 6 heteroatoms. The number of carboxylic acids is 1. The van der Waals surface area contributed by atoms with Gasteiger partial charge in [0.1, 0.15) is 6.54 Å². The molecule has 0 unspecified atom stereocenters. The van der Waals surface area contributed by atoms with E-state index in [1.54, 1.807) is 23.0 Å². The summed E-state index contributed by atoms with van der Waals surface area (Å²) in [7, 11) is 0. The number of aromatic nitrogens is 2.